The molecular weight excluding hydrogens is 170 g/mol. The lowest BCUT2D eigenvalue weighted by Crippen LogP contribution is -2.27. The van der Waals surface area contributed by atoms with Crippen LogP contribution in [0.15, 0.2) is 0 Å². The van der Waals surface area contributed by atoms with Gasteiger partial charge in [-0.3, -0.25) is 4.21 Å². The summed E-state index contributed by atoms with van der Waals surface area (Å²) >= 11 is 0. The van der Waals surface area contributed by atoms with Gasteiger partial charge in [-0.15, -0.1) is 0 Å². The third-order valence-corrected chi connectivity index (χ3v) is 3.21. The van der Waals surface area contributed by atoms with Gasteiger partial charge in [0, 0.05) is 35.9 Å². The van der Waals surface area contributed by atoms with Gasteiger partial charge < -0.3 is 4.90 Å². The van der Waals surface area contributed by atoms with Gasteiger partial charge in [-0.1, -0.05) is 13.8 Å². The third-order valence-electron chi connectivity index (χ3n) is 2.45. The molecule has 1 aliphatic heterocycles. The molecule has 12 heavy (non-hydrogen) atoms. The zero-order valence-corrected chi connectivity index (χ0v) is 9.12. The minimum Gasteiger partial charge on any atom is -0.302 e. The van der Waals surface area contributed by atoms with Crippen LogP contribution in [0.1, 0.15) is 20.3 Å². The van der Waals surface area contributed by atoms with E-state index in [1.54, 1.807) is 6.26 Å². The molecule has 0 spiro atoms. The molecule has 0 aromatic carbocycles. The fraction of sp³-hybridized carbons (Fsp3) is 1.00. The monoisotopic (exact) mass is 189 g/mol. The average molecular weight is 189 g/mol. The fourth-order valence-electron chi connectivity index (χ4n) is 1.67. The molecule has 1 aliphatic rings. The van der Waals surface area contributed by atoms with Crippen LogP contribution < -0.4 is 0 Å². The molecule has 72 valence electrons. The van der Waals surface area contributed by atoms with Crippen molar-refractivity contribution in [3.8, 4) is 0 Å². The van der Waals surface area contributed by atoms with Crippen molar-refractivity contribution >= 4 is 10.8 Å². The van der Waals surface area contributed by atoms with Gasteiger partial charge in [-0.25, -0.2) is 0 Å². The Morgan fingerprint density at radius 1 is 1.50 bits per heavy atom. The van der Waals surface area contributed by atoms with Gasteiger partial charge in [-0.2, -0.15) is 0 Å². The molecule has 0 amide bonds. The van der Waals surface area contributed by atoms with Crippen molar-refractivity contribution in [3.05, 3.63) is 0 Å². The Bertz CT molecular complexity index is 179. The van der Waals surface area contributed by atoms with Gasteiger partial charge in [-0.05, 0) is 18.4 Å². The Kier molecular flexibility index (Phi) is 3.29. The van der Waals surface area contributed by atoms with Crippen molar-refractivity contribution in [2.75, 3.05) is 31.6 Å². The first-order valence-corrected chi connectivity index (χ1v) is 6.25. The van der Waals surface area contributed by atoms with Gasteiger partial charge in [0.1, 0.15) is 0 Å². The highest BCUT2D eigenvalue weighted by Gasteiger charge is 2.28. The average Bonchev–Trinajstić information content (AvgIpc) is 2.26. The first-order chi connectivity index (χ1) is 5.49. The van der Waals surface area contributed by atoms with E-state index >= 15 is 0 Å². The lowest BCUT2D eigenvalue weighted by molar-refractivity contribution is 0.305. The second-order valence-electron chi connectivity index (χ2n) is 4.47. The summed E-state index contributed by atoms with van der Waals surface area (Å²) in [5, 5.41) is 0. The van der Waals surface area contributed by atoms with Gasteiger partial charge in [0.15, 0.2) is 0 Å². The Balaban J connectivity index is 2.24. The predicted molar refractivity (Wildman–Crippen MR) is 53.8 cm³/mol. The largest absolute Gasteiger partial charge is 0.302 e. The van der Waals surface area contributed by atoms with Crippen LogP contribution in [-0.4, -0.2) is 40.8 Å². The van der Waals surface area contributed by atoms with Gasteiger partial charge in [0.05, 0.1) is 0 Å². The molecule has 0 saturated carbocycles. The van der Waals surface area contributed by atoms with Gasteiger partial charge in [0.2, 0.25) is 0 Å². The number of rotatable bonds is 3. The van der Waals surface area contributed by atoms with Crippen LogP contribution in [0, 0.1) is 5.41 Å². The number of nitrogens with zero attached hydrogens (tertiary/aromatic N) is 1. The van der Waals surface area contributed by atoms with E-state index in [0.717, 1.165) is 12.3 Å². The van der Waals surface area contributed by atoms with E-state index in [-0.39, 0.29) is 0 Å². The Morgan fingerprint density at radius 2 is 2.17 bits per heavy atom. The van der Waals surface area contributed by atoms with E-state index in [1.165, 1.54) is 19.5 Å². The highest BCUT2D eigenvalue weighted by Crippen LogP contribution is 2.28. The number of hydrogen-bond acceptors (Lipinski definition) is 2. The lowest BCUT2D eigenvalue weighted by atomic mass is 9.93. The molecule has 1 unspecified atom stereocenters. The molecule has 0 aliphatic carbocycles. The minimum atomic E-state index is -0.628. The first kappa shape index (κ1) is 10.2. The number of likely N-dealkylation sites (tertiary alicyclic amines) is 1. The maximum absolute atomic E-state index is 10.8. The molecule has 0 N–H and O–H groups in total. The molecule has 3 heteroatoms. The summed E-state index contributed by atoms with van der Waals surface area (Å²) in [6, 6.07) is 0. The normalized spacial score (nSPS) is 25.9. The van der Waals surface area contributed by atoms with Crippen molar-refractivity contribution < 1.29 is 4.21 Å². The van der Waals surface area contributed by atoms with E-state index < -0.39 is 10.8 Å². The van der Waals surface area contributed by atoms with E-state index in [1.807, 2.05) is 0 Å². The van der Waals surface area contributed by atoms with Gasteiger partial charge >= 0.3 is 0 Å². The standard InChI is InChI=1S/C9H19NOS/c1-9(2)4-5-10(8-9)6-7-12(3)11/h4-8H2,1-3H3. The molecule has 1 fully saturated rings. The zero-order valence-electron chi connectivity index (χ0n) is 8.30. The maximum atomic E-state index is 10.8. The van der Waals surface area contributed by atoms with E-state index in [0.29, 0.717) is 5.41 Å². The molecule has 1 atom stereocenters. The van der Waals surface area contributed by atoms with Crippen molar-refractivity contribution in [3.63, 3.8) is 0 Å². The quantitative estimate of drug-likeness (QED) is 0.662. The summed E-state index contributed by atoms with van der Waals surface area (Å²) in [5.41, 5.74) is 0.481. The molecule has 0 aromatic heterocycles. The topological polar surface area (TPSA) is 20.3 Å². The van der Waals surface area contributed by atoms with Gasteiger partial charge in [0.25, 0.3) is 0 Å². The third kappa shape index (κ3) is 3.23. The first-order valence-electron chi connectivity index (χ1n) is 4.52. The summed E-state index contributed by atoms with van der Waals surface area (Å²) in [4.78, 5) is 2.42. The van der Waals surface area contributed by atoms with Crippen LogP contribution in [0.4, 0.5) is 0 Å². The maximum Gasteiger partial charge on any atom is 0.0359 e. The molecule has 1 saturated heterocycles. The van der Waals surface area contributed by atoms with E-state index in [9.17, 15) is 4.21 Å². The number of hydrogen-bond donors (Lipinski definition) is 0. The fourth-order valence-corrected chi connectivity index (χ4v) is 2.19. The van der Waals surface area contributed by atoms with Crippen LogP contribution >= 0.6 is 0 Å². The Hall–Kier alpha value is 0.110. The summed E-state index contributed by atoms with van der Waals surface area (Å²) < 4.78 is 10.8. The van der Waals surface area contributed by atoms with Crippen molar-refractivity contribution in [1.29, 1.82) is 0 Å². The highest BCUT2D eigenvalue weighted by molar-refractivity contribution is 7.84. The Morgan fingerprint density at radius 3 is 2.58 bits per heavy atom. The smallest absolute Gasteiger partial charge is 0.0359 e. The predicted octanol–water partition coefficient (Wildman–Crippen LogP) is 1.10. The molecule has 0 aromatic rings. The molecule has 0 radical (unpaired) electrons. The van der Waals surface area contributed by atoms with E-state index in [2.05, 4.69) is 18.7 Å². The SMILES string of the molecule is CS(=O)CCN1CCC(C)(C)C1. The molecule has 1 heterocycles. The summed E-state index contributed by atoms with van der Waals surface area (Å²) in [7, 11) is -0.628. The van der Waals surface area contributed by atoms with Crippen molar-refractivity contribution in [2.24, 2.45) is 5.41 Å². The molecule has 1 rings (SSSR count). The van der Waals surface area contributed by atoms with E-state index in [4.69, 9.17) is 0 Å². The van der Waals surface area contributed by atoms with Crippen LogP contribution in [-0.2, 0) is 10.8 Å². The second kappa shape index (κ2) is 3.88. The molecule has 2 nitrogen and oxygen atoms in total. The van der Waals surface area contributed by atoms with Crippen molar-refractivity contribution in [2.45, 2.75) is 20.3 Å². The van der Waals surface area contributed by atoms with Crippen LogP contribution in [0.2, 0.25) is 0 Å². The van der Waals surface area contributed by atoms with Crippen LogP contribution in [0.25, 0.3) is 0 Å². The molecular formula is C9H19NOS. The summed E-state index contributed by atoms with van der Waals surface area (Å²) in [6.07, 6.45) is 3.06. The zero-order chi connectivity index (χ0) is 9.19. The minimum absolute atomic E-state index is 0.481. The Labute approximate surface area is 77.8 Å². The van der Waals surface area contributed by atoms with Crippen LogP contribution in [0.3, 0.4) is 0 Å². The highest BCUT2D eigenvalue weighted by atomic mass is 32.2. The molecule has 0 bridgehead atoms. The van der Waals surface area contributed by atoms with Crippen molar-refractivity contribution in [1.82, 2.24) is 4.90 Å². The summed E-state index contributed by atoms with van der Waals surface area (Å²) in [5.74, 6) is 0.829. The van der Waals surface area contributed by atoms with Crippen LogP contribution in [0.5, 0.6) is 0 Å². The second-order valence-corrected chi connectivity index (χ2v) is 6.02. The lowest BCUT2D eigenvalue weighted by Gasteiger charge is -2.18. The summed E-state index contributed by atoms with van der Waals surface area (Å²) in [6.45, 7) is 7.97.